The Morgan fingerprint density at radius 2 is 1.82 bits per heavy atom. The molecule has 0 aliphatic rings. The van der Waals surface area contributed by atoms with E-state index in [-0.39, 0.29) is 0 Å². The molecule has 0 atom stereocenters. The van der Waals surface area contributed by atoms with Crippen molar-refractivity contribution in [2.45, 2.75) is 13.8 Å². The van der Waals surface area contributed by atoms with E-state index in [4.69, 9.17) is 5.73 Å². The molecule has 0 saturated carbocycles. The van der Waals surface area contributed by atoms with Crippen molar-refractivity contribution in [2.24, 2.45) is 0 Å². The average Bonchev–Trinajstić information content (AvgIpc) is 2.25. The maximum absolute atomic E-state index is 5.83. The van der Waals surface area contributed by atoms with Crippen molar-refractivity contribution in [3.05, 3.63) is 38.4 Å². The number of rotatable bonds is 1. The second kappa shape index (κ2) is 4.74. The van der Waals surface area contributed by atoms with E-state index in [2.05, 4.69) is 41.8 Å². The molecule has 88 valence electrons. The fourth-order valence-electron chi connectivity index (χ4n) is 1.50. The fraction of sp³-hybridized carbons (Fsp3) is 0.167. The van der Waals surface area contributed by atoms with E-state index in [9.17, 15) is 0 Å². The molecule has 0 unspecified atom stereocenters. The van der Waals surface area contributed by atoms with Crippen LogP contribution in [0.25, 0.3) is 11.4 Å². The SMILES string of the molecule is Cc1ccc(-c2nc(C)c(Br)c(N)n2)c(Br)c1. The second-order valence-corrected chi connectivity index (χ2v) is 5.46. The van der Waals surface area contributed by atoms with Gasteiger partial charge in [-0.1, -0.05) is 22.0 Å². The number of nitrogens with zero attached hydrogens (tertiary/aromatic N) is 2. The van der Waals surface area contributed by atoms with E-state index < -0.39 is 0 Å². The fourth-order valence-corrected chi connectivity index (χ4v) is 2.35. The Hall–Kier alpha value is -0.940. The van der Waals surface area contributed by atoms with Gasteiger partial charge in [-0.15, -0.1) is 0 Å². The molecule has 0 bridgehead atoms. The number of aryl methyl sites for hydroxylation is 2. The number of aromatic nitrogens is 2. The molecular formula is C12H11Br2N3. The highest BCUT2D eigenvalue weighted by molar-refractivity contribution is 9.11. The Labute approximate surface area is 117 Å². The van der Waals surface area contributed by atoms with Crippen LogP contribution in [0.1, 0.15) is 11.3 Å². The molecular weight excluding hydrogens is 346 g/mol. The number of anilines is 1. The van der Waals surface area contributed by atoms with Crippen molar-refractivity contribution >= 4 is 37.7 Å². The van der Waals surface area contributed by atoms with Crippen LogP contribution in [-0.4, -0.2) is 9.97 Å². The number of nitrogens with two attached hydrogens (primary N) is 1. The number of halogens is 2. The van der Waals surface area contributed by atoms with Gasteiger partial charge < -0.3 is 5.73 Å². The summed E-state index contributed by atoms with van der Waals surface area (Å²) in [6, 6.07) is 6.05. The highest BCUT2D eigenvalue weighted by Crippen LogP contribution is 2.29. The summed E-state index contributed by atoms with van der Waals surface area (Å²) >= 11 is 6.87. The number of benzene rings is 1. The van der Waals surface area contributed by atoms with Crippen molar-refractivity contribution in [1.82, 2.24) is 9.97 Å². The zero-order chi connectivity index (χ0) is 12.6. The molecule has 5 heteroatoms. The predicted octanol–water partition coefficient (Wildman–Crippen LogP) is 3.87. The summed E-state index contributed by atoms with van der Waals surface area (Å²) in [5.74, 6) is 1.09. The van der Waals surface area contributed by atoms with E-state index >= 15 is 0 Å². The smallest absolute Gasteiger partial charge is 0.162 e. The second-order valence-electron chi connectivity index (χ2n) is 3.82. The third-order valence-corrected chi connectivity index (χ3v) is 4.04. The zero-order valence-corrected chi connectivity index (χ0v) is 12.6. The summed E-state index contributed by atoms with van der Waals surface area (Å²) in [5, 5.41) is 0. The molecule has 1 aromatic heterocycles. The van der Waals surface area contributed by atoms with Crippen molar-refractivity contribution in [3.8, 4) is 11.4 Å². The largest absolute Gasteiger partial charge is 0.383 e. The molecule has 0 spiro atoms. The van der Waals surface area contributed by atoms with Gasteiger partial charge in [0.2, 0.25) is 0 Å². The third-order valence-electron chi connectivity index (χ3n) is 2.41. The van der Waals surface area contributed by atoms with Gasteiger partial charge in [-0.05, 0) is 47.5 Å². The minimum Gasteiger partial charge on any atom is -0.383 e. The van der Waals surface area contributed by atoms with Gasteiger partial charge in [-0.25, -0.2) is 9.97 Å². The third kappa shape index (κ3) is 2.50. The van der Waals surface area contributed by atoms with Crippen LogP contribution in [0.3, 0.4) is 0 Å². The first kappa shape index (κ1) is 12.5. The molecule has 2 aromatic rings. The molecule has 0 amide bonds. The van der Waals surface area contributed by atoms with Crippen LogP contribution in [0.5, 0.6) is 0 Å². The van der Waals surface area contributed by atoms with E-state index in [1.165, 1.54) is 5.56 Å². The molecule has 0 aliphatic carbocycles. The molecule has 0 aliphatic heterocycles. The van der Waals surface area contributed by atoms with Crippen molar-refractivity contribution in [3.63, 3.8) is 0 Å². The molecule has 0 saturated heterocycles. The quantitative estimate of drug-likeness (QED) is 0.843. The Morgan fingerprint density at radius 3 is 2.41 bits per heavy atom. The van der Waals surface area contributed by atoms with Crippen LogP contribution in [0.4, 0.5) is 5.82 Å². The van der Waals surface area contributed by atoms with Crippen LogP contribution < -0.4 is 5.73 Å². The molecule has 3 nitrogen and oxygen atoms in total. The summed E-state index contributed by atoms with van der Waals surface area (Å²) in [6.07, 6.45) is 0. The summed E-state index contributed by atoms with van der Waals surface area (Å²) in [7, 11) is 0. The lowest BCUT2D eigenvalue weighted by molar-refractivity contribution is 1.10. The van der Waals surface area contributed by atoms with Crippen molar-refractivity contribution < 1.29 is 0 Å². The Kier molecular flexibility index (Phi) is 3.49. The van der Waals surface area contributed by atoms with Gasteiger partial charge in [0.1, 0.15) is 5.82 Å². The lowest BCUT2D eigenvalue weighted by Crippen LogP contribution is -2.00. The van der Waals surface area contributed by atoms with E-state index in [1.807, 2.05) is 32.0 Å². The molecule has 0 radical (unpaired) electrons. The molecule has 1 heterocycles. The maximum Gasteiger partial charge on any atom is 0.162 e. The number of hydrogen-bond acceptors (Lipinski definition) is 3. The highest BCUT2D eigenvalue weighted by atomic mass is 79.9. The minimum atomic E-state index is 0.458. The van der Waals surface area contributed by atoms with Crippen LogP contribution in [0.15, 0.2) is 27.1 Å². The topological polar surface area (TPSA) is 51.8 Å². The van der Waals surface area contributed by atoms with Crippen molar-refractivity contribution in [1.29, 1.82) is 0 Å². The van der Waals surface area contributed by atoms with E-state index in [0.717, 1.165) is 20.2 Å². The summed E-state index contributed by atoms with van der Waals surface area (Å²) in [5.41, 5.74) is 8.78. The molecule has 0 fully saturated rings. The Bertz CT molecular complexity index is 559. The molecule has 17 heavy (non-hydrogen) atoms. The van der Waals surface area contributed by atoms with E-state index in [0.29, 0.717) is 11.6 Å². The van der Waals surface area contributed by atoms with Crippen molar-refractivity contribution in [2.75, 3.05) is 5.73 Å². The predicted molar refractivity (Wildman–Crippen MR) is 76.8 cm³/mol. The van der Waals surface area contributed by atoms with Gasteiger partial charge in [-0.3, -0.25) is 0 Å². The monoisotopic (exact) mass is 355 g/mol. The summed E-state index contributed by atoms with van der Waals surface area (Å²) < 4.78 is 1.73. The summed E-state index contributed by atoms with van der Waals surface area (Å²) in [4.78, 5) is 8.71. The average molecular weight is 357 g/mol. The van der Waals surface area contributed by atoms with Gasteiger partial charge in [0.15, 0.2) is 5.82 Å². The highest BCUT2D eigenvalue weighted by Gasteiger charge is 2.10. The Balaban J connectivity index is 2.61. The Morgan fingerprint density at radius 1 is 1.12 bits per heavy atom. The van der Waals surface area contributed by atoms with E-state index in [1.54, 1.807) is 0 Å². The molecule has 2 rings (SSSR count). The lowest BCUT2D eigenvalue weighted by atomic mass is 10.1. The maximum atomic E-state index is 5.83. The summed E-state index contributed by atoms with van der Waals surface area (Å²) in [6.45, 7) is 3.93. The standard InChI is InChI=1S/C12H11Br2N3/c1-6-3-4-8(9(13)5-6)12-16-7(2)10(14)11(15)17-12/h3-5H,1-2H3,(H2,15,16,17). The molecule has 2 N–H and O–H groups in total. The first-order valence-corrected chi connectivity index (χ1v) is 6.64. The van der Waals surface area contributed by atoms with Crippen LogP contribution >= 0.6 is 31.9 Å². The van der Waals surface area contributed by atoms with Gasteiger partial charge >= 0.3 is 0 Å². The van der Waals surface area contributed by atoms with Gasteiger partial charge in [-0.2, -0.15) is 0 Å². The number of hydrogen-bond donors (Lipinski definition) is 1. The van der Waals surface area contributed by atoms with Gasteiger partial charge in [0.25, 0.3) is 0 Å². The zero-order valence-electron chi connectivity index (χ0n) is 9.46. The van der Waals surface area contributed by atoms with Crippen LogP contribution in [0, 0.1) is 13.8 Å². The lowest BCUT2D eigenvalue weighted by Gasteiger charge is -2.08. The minimum absolute atomic E-state index is 0.458. The van der Waals surface area contributed by atoms with Crippen LogP contribution in [0.2, 0.25) is 0 Å². The number of nitrogen functional groups attached to an aromatic ring is 1. The normalized spacial score (nSPS) is 10.6. The first-order valence-electron chi connectivity index (χ1n) is 5.05. The first-order chi connectivity index (χ1) is 7.99. The van der Waals surface area contributed by atoms with Gasteiger partial charge in [0.05, 0.1) is 10.2 Å². The van der Waals surface area contributed by atoms with Gasteiger partial charge in [0, 0.05) is 10.0 Å². The van der Waals surface area contributed by atoms with Crippen LogP contribution in [-0.2, 0) is 0 Å². The molecule has 1 aromatic carbocycles.